The molecule has 0 fully saturated rings. The number of fused-ring (bicyclic) bond motifs is 1. The molecule has 2 atom stereocenters. The average molecular weight is 471 g/mol. The lowest BCUT2D eigenvalue weighted by Crippen LogP contribution is -2.34. The highest BCUT2D eigenvalue weighted by Gasteiger charge is 2.28. The van der Waals surface area contributed by atoms with Crippen LogP contribution in [0.5, 0.6) is 5.75 Å². The SMILES string of the molecule is CCCS(=O)(=O)NCCOc1ccc2c(c1)[C@@H](Cc1ccc(Cl)c(Cl)c1)[C@@H](N)CC2. The van der Waals surface area contributed by atoms with Gasteiger partial charge in [0.05, 0.1) is 15.8 Å². The Hall–Kier alpha value is -1.31. The quantitative estimate of drug-likeness (QED) is 0.535. The van der Waals surface area contributed by atoms with Gasteiger partial charge in [0.15, 0.2) is 0 Å². The largest absolute Gasteiger partial charge is 0.492 e. The molecule has 5 nitrogen and oxygen atoms in total. The Morgan fingerprint density at radius 2 is 1.97 bits per heavy atom. The van der Waals surface area contributed by atoms with Crippen LogP contribution in [0.4, 0.5) is 0 Å². The summed E-state index contributed by atoms with van der Waals surface area (Å²) in [5.74, 6) is 0.995. The second-order valence-corrected chi connectivity index (χ2v) is 10.4. The summed E-state index contributed by atoms with van der Waals surface area (Å²) in [6.45, 7) is 2.35. The molecule has 3 N–H and O–H groups in total. The highest BCUT2D eigenvalue weighted by atomic mass is 35.5. The van der Waals surface area contributed by atoms with Crippen molar-refractivity contribution in [1.82, 2.24) is 4.72 Å². The highest BCUT2D eigenvalue weighted by molar-refractivity contribution is 7.89. The van der Waals surface area contributed by atoms with E-state index in [9.17, 15) is 8.42 Å². The fourth-order valence-electron chi connectivity index (χ4n) is 3.88. The summed E-state index contributed by atoms with van der Waals surface area (Å²) in [4.78, 5) is 0. The van der Waals surface area contributed by atoms with Crippen molar-refractivity contribution in [3.63, 3.8) is 0 Å². The van der Waals surface area contributed by atoms with Crippen molar-refractivity contribution in [2.75, 3.05) is 18.9 Å². The third-order valence-electron chi connectivity index (χ3n) is 5.39. The maximum atomic E-state index is 11.7. The van der Waals surface area contributed by atoms with Crippen LogP contribution < -0.4 is 15.2 Å². The van der Waals surface area contributed by atoms with Gasteiger partial charge in [0, 0.05) is 18.5 Å². The molecule has 0 aromatic heterocycles. The van der Waals surface area contributed by atoms with Gasteiger partial charge in [-0.15, -0.1) is 0 Å². The number of aryl methyl sites for hydroxylation is 1. The maximum Gasteiger partial charge on any atom is 0.211 e. The zero-order valence-corrected chi connectivity index (χ0v) is 19.4. The number of rotatable bonds is 9. The van der Waals surface area contributed by atoms with E-state index in [0.717, 1.165) is 30.6 Å². The molecule has 0 heterocycles. The van der Waals surface area contributed by atoms with Crippen molar-refractivity contribution in [1.29, 1.82) is 0 Å². The molecule has 0 amide bonds. The summed E-state index contributed by atoms with van der Waals surface area (Å²) in [6, 6.07) is 11.8. The predicted octanol–water partition coefficient (Wildman–Crippen LogP) is 4.30. The lowest BCUT2D eigenvalue weighted by molar-refractivity contribution is 0.321. The lowest BCUT2D eigenvalue weighted by Gasteiger charge is -2.32. The topological polar surface area (TPSA) is 81.4 Å². The summed E-state index contributed by atoms with van der Waals surface area (Å²) < 4.78 is 31.8. The molecule has 8 heteroatoms. The number of ether oxygens (including phenoxy) is 1. The molecule has 0 aliphatic heterocycles. The standard InChI is InChI=1S/C22H28Cl2N2O3S/c1-2-11-30(27,28)26-9-10-29-17-6-4-16-5-8-22(25)19(18(16)14-17)12-15-3-7-20(23)21(24)13-15/h3-4,6-7,13-14,19,22,26H,2,5,8-12,25H2,1H3/t19-,22+/m1/s1. The molecule has 1 aliphatic rings. The third-order valence-corrected chi connectivity index (χ3v) is 7.71. The third kappa shape index (κ3) is 6.11. The number of benzene rings is 2. The molecule has 0 spiro atoms. The van der Waals surface area contributed by atoms with Gasteiger partial charge < -0.3 is 10.5 Å². The first-order chi connectivity index (χ1) is 14.3. The van der Waals surface area contributed by atoms with Crippen LogP contribution >= 0.6 is 23.2 Å². The van der Waals surface area contributed by atoms with Crippen molar-refractivity contribution in [3.05, 3.63) is 63.1 Å². The van der Waals surface area contributed by atoms with Crippen LogP contribution in [-0.4, -0.2) is 33.4 Å². The molecule has 0 unspecified atom stereocenters. The van der Waals surface area contributed by atoms with Gasteiger partial charge in [-0.3, -0.25) is 0 Å². The number of nitrogens with two attached hydrogens (primary N) is 1. The number of hydrogen-bond acceptors (Lipinski definition) is 4. The van der Waals surface area contributed by atoms with Crippen LogP contribution in [0.2, 0.25) is 10.0 Å². The molecule has 0 bridgehead atoms. The van der Waals surface area contributed by atoms with E-state index in [-0.39, 0.29) is 30.9 Å². The Kier molecular flexibility index (Phi) is 8.04. The van der Waals surface area contributed by atoms with Gasteiger partial charge in [0.1, 0.15) is 12.4 Å². The highest BCUT2D eigenvalue weighted by Crippen LogP contribution is 2.36. The second kappa shape index (κ2) is 10.3. The zero-order chi connectivity index (χ0) is 21.7. The minimum Gasteiger partial charge on any atom is -0.492 e. The van der Waals surface area contributed by atoms with E-state index in [0.29, 0.717) is 16.5 Å². The van der Waals surface area contributed by atoms with Gasteiger partial charge in [-0.05, 0) is 66.6 Å². The lowest BCUT2D eigenvalue weighted by atomic mass is 9.76. The summed E-state index contributed by atoms with van der Waals surface area (Å²) in [7, 11) is -3.22. The Labute approximate surface area is 189 Å². The van der Waals surface area contributed by atoms with E-state index < -0.39 is 10.0 Å². The Morgan fingerprint density at radius 3 is 2.70 bits per heavy atom. The Bertz CT molecular complexity index is 982. The maximum absolute atomic E-state index is 11.7. The fraction of sp³-hybridized carbons (Fsp3) is 0.455. The smallest absolute Gasteiger partial charge is 0.211 e. The van der Waals surface area contributed by atoms with E-state index in [1.165, 1.54) is 11.1 Å². The Balaban J connectivity index is 1.69. The summed E-state index contributed by atoms with van der Waals surface area (Å²) in [6.07, 6.45) is 3.22. The molecule has 164 valence electrons. The molecule has 0 radical (unpaired) electrons. The van der Waals surface area contributed by atoms with Crippen LogP contribution in [0.25, 0.3) is 0 Å². The molecule has 0 saturated heterocycles. The first-order valence-corrected chi connectivity index (χ1v) is 12.6. The first-order valence-electron chi connectivity index (χ1n) is 10.2. The van der Waals surface area contributed by atoms with Gasteiger partial charge in [0.25, 0.3) is 0 Å². The van der Waals surface area contributed by atoms with E-state index in [4.69, 9.17) is 33.7 Å². The van der Waals surface area contributed by atoms with Crippen molar-refractivity contribution in [3.8, 4) is 5.75 Å². The van der Waals surface area contributed by atoms with Crippen LogP contribution in [0.15, 0.2) is 36.4 Å². The monoisotopic (exact) mass is 470 g/mol. The number of sulfonamides is 1. The van der Waals surface area contributed by atoms with Crippen molar-refractivity contribution < 1.29 is 13.2 Å². The fourth-order valence-corrected chi connectivity index (χ4v) is 5.28. The summed E-state index contributed by atoms with van der Waals surface area (Å²) in [5.41, 5.74) is 10.0. The van der Waals surface area contributed by atoms with E-state index in [1.807, 2.05) is 37.3 Å². The minimum absolute atomic E-state index is 0.0445. The van der Waals surface area contributed by atoms with E-state index >= 15 is 0 Å². The van der Waals surface area contributed by atoms with Crippen molar-refractivity contribution in [2.24, 2.45) is 5.73 Å². The minimum atomic E-state index is -3.22. The number of hydrogen-bond donors (Lipinski definition) is 2. The first kappa shape index (κ1) is 23.4. The molecule has 2 aromatic rings. The van der Waals surface area contributed by atoms with Crippen LogP contribution in [0.1, 0.15) is 42.4 Å². The molecule has 2 aromatic carbocycles. The summed E-state index contributed by atoms with van der Waals surface area (Å²) in [5, 5.41) is 1.08. The molecular weight excluding hydrogens is 443 g/mol. The van der Waals surface area contributed by atoms with Gasteiger partial charge >= 0.3 is 0 Å². The average Bonchev–Trinajstić information content (AvgIpc) is 2.70. The van der Waals surface area contributed by atoms with Gasteiger partial charge in [-0.2, -0.15) is 0 Å². The summed E-state index contributed by atoms with van der Waals surface area (Å²) >= 11 is 12.2. The van der Waals surface area contributed by atoms with Gasteiger partial charge in [-0.1, -0.05) is 42.3 Å². The zero-order valence-electron chi connectivity index (χ0n) is 17.0. The molecule has 3 rings (SSSR count). The van der Waals surface area contributed by atoms with Crippen LogP contribution in [0, 0.1) is 0 Å². The van der Waals surface area contributed by atoms with E-state index in [1.54, 1.807) is 0 Å². The normalized spacial score (nSPS) is 18.8. The molecular formula is C22H28Cl2N2O3S. The predicted molar refractivity (Wildman–Crippen MR) is 123 cm³/mol. The second-order valence-electron chi connectivity index (χ2n) is 7.68. The number of halogens is 2. The van der Waals surface area contributed by atoms with Crippen molar-refractivity contribution >= 4 is 33.2 Å². The molecule has 0 saturated carbocycles. The van der Waals surface area contributed by atoms with Crippen LogP contribution in [0.3, 0.4) is 0 Å². The van der Waals surface area contributed by atoms with Crippen molar-refractivity contribution in [2.45, 2.75) is 44.6 Å². The van der Waals surface area contributed by atoms with Crippen LogP contribution in [-0.2, 0) is 22.9 Å². The Morgan fingerprint density at radius 1 is 1.17 bits per heavy atom. The number of nitrogens with one attached hydrogen (secondary N) is 1. The molecule has 1 aliphatic carbocycles. The van der Waals surface area contributed by atoms with E-state index in [2.05, 4.69) is 10.8 Å². The molecule has 30 heavy (non-hydrogen) atoms. The van der Waals surface area contributed by atoms with Gasteiger partial charge in [0.2, 0.25) is 10.0 Å². The van der Waals surface area contributed by atoms with Gasteiger partial charge in [-0.25, -0.2) is 13.1 Å².